The van der Waals surface area contributed by atoms with Crippen LogP contribution in [0.1, 0.15) is 0 Å². The molecule has 3 heterocycles. The Labute approximate surface area is 198 Å². The van der Waals surface area contributed by atoms with Crippen molar-refractivity contribution in [1.82, 2.24) is 24.3 Å². The van der Waals surface area contributed by atoms with Crippen LogP contribution in [0.2, 0.25) is 10.0 Å². The number of fused-ring (bicyclic) bond motifs is 1. The van der Waals surface area contributed by atoms with Gasteiger partial charge in [-0.05, 0) is 30.4 Å². The summed E-state index contributed by atoms with van der Waals surface area (Å²) >= 11 is 20.7. The predicted octanol–water partition coefficient (Wildman–Crippen LogP) is 5.37. The van der Waals surface area contributed by atoms with Crippen LogP contribution in [-0.2, 0) is 0 Å². The van der Waals surface area contributed by atoms with Crippen molar-refractivity contribution in [3.8, 4) is 21.4 Å². The zero-order chi connectivity index (χ0) is 21.7. The molecule has 2 N–H and O–H groups in total. The number of hydrogen-bond donors (Lipinski definition) is 1. The molecule has 2 aromatic carbocycles. The fraction of sp³-hybridized carbons (Fsp3) is 0. The Hall–Kier alpha value is -2.63. The average Bonchev–Trinajstić information content (AvgIpc) is 3.37. The first-order chi connectivity index (χ1) is 15.0. The second-order valence-electron chi connectivity index (χ2n) is 6.28. The summed E-state index contributed by atoms with van der Waals surface area (Å²) in [7, 11) is 0. The number of nitrogens with zero attached hydrogens (tertiary/aromatic N) is 5. The molecule has 0 atom stereocenters. The molecule has 12 heteroatoms. The number of halogens is 2. The Balaban J connectivity index is 1.83. The number of thiazole rings is 1. The van der Waals surface area contributed by atoms with Gasteiger partial charge in [-0.2, -0.15) is 0 Å². The van der Waals surface area contributed by atoms with E-state index in [4.69, 9.17) is 41.2 Å². The molecule has 0 fully saturated rings. The lowest BCUT2D eigenvalue weighted by Gasteiger charge is -2.12. The third-order valence-electron chi connectivity index (χ3n) is 4.42. The van der Waals surface area contributed by atoms with Crippen LogP contribution in [0.15, 0.2) is 53.3 Å². The molecule has 0 aliphatic heterocycles. The fourth-order valence-electron chi connectivity index (χ4n) is 3.07. The average molecular weight is 505 g/mol. The molecule has 31 heavy (non-hydrogen) atoms. The van der Waals surface area contributed by atoms with Gasteiger partial charge in [-0.15, -0.1) is 10.2 Å². The van der Waals surface area contributed by atoms with Crippen molar-refractivity contribution in [3.05, 3.63) is 73.7 Å². The third-order valence-corrected chi connectivity index (χ3v) is 7.24. The van der Waals surface area contributed by atoms with E-state index < -0.39 is 0 Å². The van der Waals surface area contributed by atoms with E-state index in [0.29, 0.717) is 36.2 Å². The topological polar surface area (TPSA) is 91.6 Å². The molecular formula is C19H10Cl2N6OS3. The van der Waals surface area contributed by atoms with Gasteiger partial charge in [0.15, 0.2) is 20.6 Å². The van der Waals surface area contributed by atoms with E-state index in [-0.39, 0.29) is 15.5 Å². The van der Waals surface area contributed by atoms with Crippen LogP contribution >= 0.6 is 58.1 Å². The van der Waals surface area contributed by atoms with Gasteiger partial charge in [-0.25, -0.2) is 14.1 Å². The maximum atomic E-state index is 13.3. The molecule has 0 radical (unpaired) electrons. The lowest BCUT2D eigenvalue weighted by molar-refractivity contribution is 0.853. The fourth-order valence-corrected chi connectivity index (χ4v) is 5.62. The van der Waals surface area contributed by atoms with Crippen LogP contribution in [-0.4, -0.2) is 24.3 Å². The Bertz CT molecular complexity index is 1590. The second kappa shape index (κ2) is 7.81. The SMILES string of the molecule is Nc1nc2c(s1)c(=O)n(-c1ccccc1Cl)c(=S)n2-c1nnc(-c2ccccc2Cl)s1. The van der Waals surface area contributed by atoms with E-state index >= 15 is 0 Å². The molecule has 0 spiro atoms. The van der Waals surface area contributed by atoms with Crippen LogP contribution in [0.4, 0.5) is 5.13 Å². The van der Waals surface area contributed by atoms with E-state index in [1.54, 1.807) is 34.9 Å². The van der Waals surface area contributed by atoms with Gasteiger partial charge in [0, 0.05) is 5.56 Å². The Morgan fingerprint density at radius 3 is 2.39 bits per heavy atom. The van der Waals surface area contributed by atoms with Crippen LogP contribution in [0, 0.1) is 4.77 Å². The van der Waals surface area contributed by atoms with Gasteiger partial charge in [0.25, 0.3) is 5.56 Å². The van der Waals surface area contributed by atoms with Gasteiger partial charge in [-0.1, -0.05) is 76.2 Å². The Morgan fingerprint density at radius 2 is 1.65 bits per heavy atom. The smallest absolute Gasteiger partial charge is 0.278 e. The van der Waals surface area contributed by atoms with Gasteiger partial charge in [0.05, 0.1) is 15.7 Å². The number of benzene rings is 2. The molecule has 0 saturated heterocycles. The van der Waals surface area contributed by atoms with Crippen LogP contribution < -0.4 is 11.3 Å². The van der Waals surface area contributed by atoms with E-state index in [1.807, 2.05) is 18.2 Å². The monoisotopic (exact) mass is 504 g/mol. The molecule has 5 rings (SSSR count). The normalized spacial score (nSPS) is 11.3. The summed E-state index contributed by atoms with van der Waals surface area (Å²) < 4.78 is 3.42. The van der Waals surface area contributed by atoms with Gasteiger partial charge >= 0.3 is 0 Å². The first-order valence-electron chi connectivity index (χ1n) is 8.73. The number of nitrogens with two attached hydrogens (primary N) is 1. The summed E-state index contributed by atoms with van der Waals surface area (Å²) in [5, 5.41) is 10.8. The molecule has 7 nitrogen and oxygen atoms in total. The number of nitrogen functional groups attached to an aromatic ring is 1. The quantitative estimate of drug-likeness (QED) is 0.332. The predicted molar refractivity (Wildman–Crippen MR) is 129 cm³/mol. The van der Waals surface area contributed by atoms with Crippen molar-refractivity contribution in [2.45, 2.75) is 0 Å². The van der Waals surface area contributed by atoms with E-state index in [1.165, 1.54) is 15.9 Å². The first-order valence-corrected chi connectivity index (χ1v) is 11.5. The standard InChI is InChI=1S/C19H10Cl2N6OS3/c20-10-6-2-1-5-9(10)15-24-25-18(31-15)27-14-13(30-17(22)23-14)16(28)26(19(27)29)12-8-4-3-7-11(12)21/h1-8H,(H2,22,23). The highest BCUT2D eigenvalue weighted by Crippen LogP contribution is 2.33. The van der Waals surface area contributed by atoms with E-state index in [0.717, 1.165) is 16.9 Å². The second-order valence-corrected chi connectivity index (χ2v) is 9.45. The largest absolute Gasteiger partial charge is 0.375 e. The lowest BCUT2D eigenvalue weighted by atomic mass is 10.2. The highest BCUT2D eigenvalue weighted by molar-refractivity contribution is 7.71. The summed E-state index contributed by atoms with van der Waals surface area (Å²) in [5.74, 6) is 0. The summed E-state index contributed by atoms with van der Waals surface area (Å²) in [6.07, 6.45) is 0. The molecular weight excluding hydrogens is 495 g/mol. The zero-order valence-corrected chi connectivity index (χ0v) is 19.3. The molecule has 0 aliphatic carbocycles. The van der Waals surface area contributed by atoms with E-state index in [9.17, 15) is 4.79 Å². The number of para-hydroxylation sites is 1. The molecule has 5 aromatic rings. The van der Waals surface area contributed by atoms with Crippen molar-refractivity contribution in [2.24, 2.45) is 0 Å². The molecule has 154 valence electrons. The van der Waals surface area contributed by atoms with Gasteiger partial charge < -0.3 is 5.73 Å². The van der Waals surface area contributed by atoms with Gasteiger partial charge in [-0.3, -0.25) is 4.79 Å². The molecule has 3 aromatic heterocycles. The highest BCUT2D eigenvalue weighted by Gasteiger charge is 2.21. The molecule has 0 unspecified atom stereocenters. The van der Waals surface area contributed by atoms with Crippen molar-refractivity contribution in [2.75, 3.05) is 5.73 Å². The summed E-state index contributed by atoms with van der Waals surface area (Å²) in [6, 6.07) is 14.3. The highest BCUT2D eigenvalue weighted by atomic mass is 35.5. The maximum Gasteiger partial charge on any atom is 0.278 e. The zero-order valence-electron chi connectivity index (χ0n) is 15.3. The van der Waals surface area contributed by atoms with Crippen LogP contribution in [0.5, 0.6) is 0 Å². The van der Waals surface area contributed by atoms with Crippen molar-refractivity contribution >= 4 is 73.6 Å². The summed E-state index contributed by atoms with van der Waals surface area (Å²) in [6.45, 7) is 0. The summed E-state index contributed by atoms with van der Waals surface area (Å²) in [5.41, 5.74) is 7.10. The minimum absolute atomic E-state index is 0.151. The summed E-state index contributed by atoms with van der Waals surface area (Å²) in [4.78, 5) is 17.6. The molecule has 0 bridgehead atoms. The van der Waals surface area contributed by atoms with Gasteiger partial charge in [0.1, 0.15) is 4.70 Å². The van der Waals surface area contributed by atoms with Crippen LogP contribution in [0.3, 0.4) is 0 Å². The number of aromatic nitrogens is 5. The third kappa shape index (κ3) is 3.36. The van der Waals surface area contributed by atoms with E-state index in [2.05, 4.69) is 15.2 Å². The Morgan fingerprint density at radius 1 is 0.935 bits per heavy atom. The number of anilines is 1. The maximum absolute atomic E-state index is 13.3. The number of hydrogen-bond acceptors (Lipinski definition) is 8. The van der Waals surface area contributed by atoms with Crippen molar-refractivity contribution in [3.63, 3.8) is 0 Å². The van der Waals surface area contributed by atoms with Crippen molar-refractivity contribution in [1.29, 1.82) is 0 Å². The lowest BCUT2D eigenvalue weighted by Crippen LogP contribution is -2.23. The number of rotatable bonds is 3. The molecule has 0 aliphatic rings. The molecule has 0 saturated carbocycles. The minimum Gasteiger partial charge on any atom is -0.375 e. The molecule has 0 amide bonds. The van der Waals surface area contributed by atoms with Crippen LogP contribution in [0.25, 0.3) is 31.7 Å². The first kappa shape index (κ1) is 20.3. The minimum atomic E-state index is -0.352. The Kier molecular flexibility index (Phi) is 5.11. The van der Waals surface area contributed by atoms with Gasteiger partial charge in [0.2, 0.25) is 5.13 Å². The van der Waals surface area contributed by atoms with Crippen molar-refractivity contribution < 1.29 is 0 Å².